The second-order valence-corrected chi connectivity index (χ2v) is 5.19. The Kier molecular flexibility index (Phi) is 5.04. The van der Waals surface area contributed by atoms with Gasteiger partial charge in [-0.25, -0.2) is 9.59 Å². The number of amides is 1. The maximum Gasteiger partial charge on any atom is 0.408 e. The number of carbonyl (C=O) groups is 2. The Balaban J connectivity index is 2.80. The fourth-order valence-corrected chi connectivity index (χ4v) is 1.45. The number of aliphatic carboxylic acids is 1. The molecular weight excluding hydrogens is 264 g/mol. The molecule has 0 spiro atoms. The molecule has 1 amide bonds. The summed E-state index contributed by atoms with van der Waals surface area (Å²) in [6.45, 7) is 4.96. The number of nitrogens with one attached hydrogen (secondary N) is 1. The average molecular weight is 282 g/mol. The third kappa shape index (κ3) is 4.85. The number of nitrogens with zero attached hydrogens (tertiary/aromatic N) is 1. The van der Waals surface area contributed by atoms with Crippen LogP contribution < -0.4 is 5.32 Å². The summed E-state index contributed by atoms with van der Waals surface area (Å²) >= 11 is 0. The monoisotopic (exact) mass is 282 g/mol. The number of aromatic nitrogens is 1. The molecule has 1 heterocycles. The van der Waals surface area contributed by atoms with E-state index in [2.05, 4.69) is 10.3 Å². The van der Waals surface area contributed by atoms with E-state index in [0.29, 0.717) is 0 Å². The van der Waals surface area contributed by atoms with E-state index >= 15 is 0 Å². The highest BCUT2D eigenvalue weighted by Crippen LogP contribution is 2.16. The first-order chi connectivity index (χ1) is 9.20. The van der Waals surface area contributed by atoms with Gasteiger partial charge in [-0.3, -0.25) is 4.98 Å². The van der Waals surface area contributed by atoms with E-state index in [-0.39, 0.29) is 5.56 Å². The zero-order valence-corrected chi connectivity index (χ0v) is 11.5. The van der Waals surface area contributed by atoms with Crippen LogP contribution in [0.2, 0.25) is 0 Å². The molecule has 7 heteroatoms. The number of ether oxygens (including phenoxy) is 1. The van der Waals surface area contributed by atoms with Crippen molar-refractivity contribution in [2.45, 2.75) is 38.5 Å². The lowest BCUT2D eigenvalue weighted by atomic mass is 10.0. The highest BCUT2D eigenvalue weighted by atomic mass is 16.6. The van der Waals surface area contributed by atoms with E-state index in [0.717, 1.165) is 0 Å². The van der Waals surface area contributed by atoms with Crippen LogP contribution in [-0.2, 0) is 9.53 Å². The standard InChI is InChI=1S/C13H18N2O5/c1-13(2,3)20-12(19)15-9(11(17)18)10(16)8-5-4-6-14-7-8/h4-7,9-10,16H,1-3H3,(H,15,19)(H,17,18). The number of aliphatic hydroxyl groups is 1. The number of alkyl carbamates (subject to hydrolysis) is 1. The third-order valence-corrected chi connectivity index (χ3v) is 2.28. The zero-order valence-electron chi connectivity index (χ0n) is 11.5. The number of carboxylic acid groups (broad SMARTS) is 1. The highest BCUT2D eigenvalue weighted by Gasteiger charge is 2.31. The van der Waals surface area contributed by atoms with Crippen molar-refractivity contribution in [1.29, 1.82) is 0 Å². The van der Waals surface area contributed by atoms with Gasteiger partial charge in [-0.1, -0.05) is 6.07 Å². The summed E-state index contributed by atoms with van der Waals surface area (Å²) in [5.41, 5.74) is -0.470. The van der Waals surface area contributed by atoms with Gasteiger partial charge in [0.1, 0.15) is 11.7 Å². The molecule has 0 aliphatic carbocycles. The van der Waals surface area contributed by atoms with Crippen LogP contribution >= 0.6 is 0 Å². The molecular formula is C13H18N2O5. The molecule has 0 fully saturated rings. The maximum atomic E-state index is 11.6. The SMILES string of the molecule is CC(C)(C)OC(=O)NC(C(=O)O)C(O)c1cccnc1. The Morgan fingerprint density at radius 3 is 2.50 bits per heavy atom. The third-order valence-electron chi connectivity index (χ3n) is 2.28. The Morgan fingerprint density at radius 1 is 1.40 bits per heavy atom. The van der Waals surface area contributed by atoms with Gasteiger partial charge in [0.05, 0.1) is 0 Å². The van der Waals surface area contributed by atoms with Crippen molar-refractivity contribution >= 4 is 12.1 Å². The van der Waals surface area contributed by atoms with Gasteiger partial charge in [-0.15, -0.1) is 0 Å². The Labute approximate surface area is 116 Å². The molecule has 0 radical (unpaired) electrons. The number of pyridine rings is 1. The van der Waals surface area contributed by atoms with Crippen molar-refractivity contribution in [3.05, 3.63) is 30.1 Å². The van der Waals surface area contributed by atoms with Gasteiger partial charge in [0.15, 0.2) is 6.04 Å². The lowest BCUT2D eigenvalue weighted by Crippen LogP contribution is -2.46. The molecule has 0 bridgehead atoms. The maximum absolute atomic E-state index is 11.6. The summed E-state index contributed by atoms with van der Waals surface area (Å²) in [6.07, 6.45) is 0.492. The lowest BCUT2D eigenvalue weighted by molar-refractivity contribution is -0.142. The topological polar surface area (TPSA) is 109 Å². The summed E-state index contributed by atoms with van der Waals surface area (Å²) in [6, 6.07) is 1.56. The van der Waals surface area contributed by atoms with Crippen LogP contribution in [0, 0.1) is 0 Å². The normalized spacial score (nSPS) is 14.2. The number of carbonyl (C=O) groups excluding carboxylic acids is 1. The van der Waals surface area contributed by atoms with E-state index in [1.165, 1.54) is 18.5 Å². The molecule has 0 saturated heterocycles. The molecule has 3 N–H and O–H groups in total. The van der Waals surface area contributed by atoms with E-state index in [9.17, 15) is 14.7 Å². The predicted octanol–water partition coefficient (Wildman–Crippen LogP) is 1.09. The summed E-state index contributed by atoms with van der Waals surface area (Å²) in [5.74, 6) is -1.37. The molecule has 1 aromatic heterocycles. The van der Waals surface area contributed by atoms with Gasteiger partial charge in [0.2, 0.25) is 0 Å². The van der Waals surface area contributed by atoms with Gasteiger partial charge in [0.25, 0.3) is 0 Å². The molecule has 1 aromatic rings. The van der Waals surface area contributed by atoms with E-state index < -0.39 is 29.8 Å². The fourth-order valence-electron chi connectivity index (χ4n) is 1.45. The zero-order chi connectivity index (χ0) is 15.3. The first-order valence-electron chi connectivity index (χ1n) is 6.01. The fraction of sp³-hybridized carbons (Fsp3) is 0.462. The van der Waals surface area contributed by atoms with E-state index in [4.69, 9.17) is 9.84 Å². The van der Waals surface area contributed by atoms with Gasteiger partial charge in [-0.2, -0.15) is 0 Å². The van der Waals surface area contributed by atoms with Crippen LogP contribution in [0.15, 0.2) is 24.5 Å². The minimum absolute atomic E-state index is 0.288. The summed E-state index contributed by atoms with van der Waals surface area (Å²) in [5, 5.41) is 21.2. The average Bonchev–Trinajstić information content (AvgIpc) is 2.34. The number of hydrogen-bond donors (Lipinski definition) is 3. The van der Waals surface area contributed by atoms with Gasteiger partial charge in [-0.05, 0) is 26.8 Å². The first kappa shape index (κ1) is 15.9. The Hall–Kier alpha value is -2.15. The number of aliphatic hydroxyl groups excluding tert-OH is 1. The largest absolute Gasteiger partial charge is 0.480 e. The van der Waals surface area contributed by atoms with Crippen molar-refractivity contribution in [1.82, 2.24) is 10.3 Å². The summed E-state index contributed by atoms with van der Waals surface area (Å²) < 4.78 is 4.96. The Morgan fingerprint density at radius 2 is 2.05 bits per heavy atom. The predicted molar refractivity (Wildman–Crippen MR) is 70.0 cm³/mol. The molecule has 7 nitrogen and oxygen atoms in total. The smallest absolute Gasteiger partial charge is 0.408 e. The van der Waals surface area contributed by atoms with E-state index in [1.54, 1.807) is 26.8 Å². The van der Waals surface area contributed by atoms with Crippen LogP contribution in [0.25, 0.3) is 0 Å². The molecule has 0 aliphatic rings. The van der Waals surface area contributed by atoms with Crippen molar-refractivity contribution in [2.24, 2.45) is 0 Å². The molecule has 0 aliphatic heterocycles. The lowest BCUT2D eigenvalue weighted by Gasteiger charge is -2.24. The van der Waals surface area contributed by atoms with Gasteiger partial charge in [0, 0.05) is 18.0 Å². The number of hydrogen-bond acceptors (Lipinski definition) is 5. The van der Waals surface area contributed by atoms with Crippen molar-refractivity contribution in [3.63, 3.8) is 0 Å². The minimum Gasteiger partial charge on any atom is -0.480 e. The van der Waals surface area contributed by atoms with Crippen molar-refractivity contribution in [2.75, 3.05) is 0 Å². The quantitative estimate of drug-likeness (QED) is 0.762. The Bertz CT molecular complexity index is 469. The number of carboxylic acids is 1. The summed E-state index contributed by atoms with van der Waals surface area (Å²) in [4.78, 5) is 26.5. The molecule has 1 rings (SSSR count). The van der Waals surface area contributed by atoms with Crippen LogP contribution in [-0.4, -0.2) is 38.9 Å². The molecule has 2 unspecified atom stereocenters. The van der Waals surface area contributed by atoms with Crippen LogP contribution in [0.5, 0.6) is 0 Å². The van der Waals surface area contributed by atoms with Gasteiger partial charge >= 0.3 is 12.1 Å². The van der Waals surface area contributed by atoms with Crippen LogP contribution in [0.3, 0.4) is 0 Å². The first-order valence-corrected chi connectivity index (χ1v) is 6.01. The van der Waals surface area contributed by atoms with Crippen molar-refractivity contribution < 1.29 is 24.5 Å². The molecule has 2 atom stereocenters. The molecule has 110 valence electrons. The highest BCUT2D eigenvalue weighted by molar-refractivity contribution is 5.80. The second kappa shape index (κ2) is 6.33. The second-order valence-electron chi connectivity index (χ2n) is 5.19. The minimum atomic E-state index is -1.52. The van der Waals surface area contributed by atoms with Crippen molar-refractivity contribution in [3.8, 4) is 0 Å². The van der Waals surface area contributed by atoms with E-state index in [1.807, 2.05) is 0 Å². The molecule has 0 saturated carbocycles. The van der Waals surface area contributed by atoms with Crippen LogP contribution in [0.1, 0.15) is 32.4 Å². The summed E-state index contributed by atoms with van der Waals surface area (Å²) in [7, 11) is 0. The number of rotatable bonds is 4. The molecule has 0 aromatic carbocycles. The van der Waals surface area contributed by atoms with Crippen LogP contribution in [0.4, 0.5) is 4.79 Å². The molecule has 20 heavy (non-hydrogen) atoms. The van der Waals surface area contributed by atoms with Gasteiger partial charge < -0.3 is 20.3 Å².